The van der Waals surface area contributed by atoms with Crippen molar-refractivity contribution >= 4 is 28.8 Å². The third kappa shape index (κ3) is 3.88. The number of carbonyl (C=O) groups is 2. The summed E-state index contributed by atoms with van der Waals surface area (Å²) in [5, 5.41) is 3.07. The third-order valence-corrected chi connectivity index (χ3v) is 5.39. The van der Waals surface area contributed by atoms with Gasteiger partial charge in [-0.2, -0.15) is 0 Å². The summed E-state index contributed by atoms with van der Waals surface area (Å²) in [4.78, 5) is 32.8. The minimum Gasteiger partial charge on any atom is -0.479 e. The molecule has 1 aromatic heterocycles. The lowest BCUT2D eigenvalue weighted by molar-refractivity contribution is -0.130. The van der Waals surface area contributed by atoms with Crippen LogP contribution in [0.15, 0.2) is 29.6 Å². The fourth-order valence-corrected chi connectivity index (χ4v) is 3.64. The number of aromatic nitrogens is 1. The Balaban J connectivity index is 1.62. The first-order chi connectivity index (χ1) is 12.5. The first-order valence-corrected chi connectivity index (χ1v) is 9.62. The monoisotopic (exact) mass is 373 g/mol. The van der Waals surface area contributed by atoms with Crippen LogP contribution in [0.2, 0.25) is 0 Å². The van der Waals surface area contributed by atoms with Crippen molar-refractivity contribution in [3.05, 3.63) is 40.3 Å². The van der Waals surface area contributed by atoms with Gasteiger partial charge < -0.3 is 14.5 Å². The molecule has 1 aliphatic heterocycles. The van der Waals surface area contributed by atoms with E-state index in [1.165, 1.54) is 0 Å². The number of hydrogen-bond acceptors (Lipinski definition) is 5. The quantitative estimate of drug-likeness (QED) is 0.781. The normalized spacial score (nSPS) is 16.2. The molecule has 0 N–H and O–H groups in total. The Morgan fingerprint density at radius 3 is 2.88 bits per heavy atom. The highest BCUT2D eigenvalue weighted by molar-refractivity contribution is 7.09. The minimum atomic E-state index is -0.541. The minimum absolute atomic E-state index is 0.0134. The number of thiazole rings is 1. The van der Waals surface area contributed by atoms with Crippen molar-refractivity contribution in [3.63, 3.8) is 0 Å². The number of anilines is 1. The first-order valence-electron chi connectivity index (χ1n) is 8.74. The van der Waals surface area contributed by atoms with Crippen LogP contribution in [0.3, 0.4) is 0 Å². The maximum atomic E-state index is 12.5. The van der Waals surface area contributed by atoms with Crippen molar-refractivity contribution in [2.45, 2.75) is 39.3 Å². The van der Waals surface area contributed by atoms with E-state index in [-0.39, 0.29) is 18.2 Å². The lowest BCUT2D eigenvalue weighted by Gasteiger charge is -2.33. The highest BCUT2D eigenvalue weighted by atomic mass is 32.1. The van der Waals surface area contributed by atoms with Gasteiger partial charge in [0.2, 0.25) is 5.91 Å². The maximum absolute atomic E-state index is 12.5. The van der Waals surface area contributed by atoms with Crippen LogP contribution in [0.1, 0.15) is 31.0 Å². The van der Waals surface area contributed by atoms with Crippen LogP contribution < -0.4 is 9.64 Å². The molecule has 1 aromatic carbocycles. The van der Waals surface area contributed by atoms with Gasteiger partial charge in [-0.25, -0.2) is 4.98 Å². The number of aryl methyl sites for hydroxylation is 1. The van der Waals surface area contributed by atoms with Crippen LogP contribution >= 0.6 is 11.3 Å². The molecular weight excluding hydrogens is 350 g/mol. The summed E-state index contributed by atoms with van der Waals surface area (Å²) < 4.78 is 5.63. The number of hydrogen-bond donors (Lipinski definition) is 0. The molecule has 0 saturated heterocycles. The van der Waals surface area contributed by atoms with Gasteiger partial charge >= 0.3 is 0 Å². The molecule has 2 aromatic rings. The zero-order valence-electron chi connectivity index (χ0n) is 15.3. The van der Waals surface area contributed by atoms with Gasteiger partial charge in [0.25, 0.3) is 5.91 Å². The van der Waals surface area contributed by atoms with Crippen molar-refractivity contribution in [2.24, 2.45) is 0 Å². The van der Waals surface area contributed by atoms with Gasteiger partial charge in [-0.05, 0) is 25.5 Å². The second-order valence-corrected chi connectivity index (χ2v) is 7.25. The molecule has 0 saturated carbocycles. The molecule has 26 heavy (non-hydrogen) atoms. The highest BCUT2D eigenvalue weighted by Crippen LogP contribution is 2.33. The van der Waals surface area contributed by atoms with E-state index in [1.54, 1.807) is 35.1 Å². The molecular formula is C19H23N3O3S. The molecule has 0 spiro atoms. The molecule has 0 fully saturated rings. The molecule has 2 amide bonds. The van der Waals surface area contributed by atoms with Gasteiger partial charge in [0.1, 0.15) is 5.75 Å². The summed E-state index contributed by atoms with van der Waals surface area (Å²) in [6.45, 7) is 4.62. The first kappa shape index (κ1) is 18.4. The Bertz CT molecular complexity index is 805. The molecule has 0 radical (unpaired) electrons. The Morgan fingerprint density at radius 1 is 1.38 bits per heavy atom. The predicted octanol–water partition coefficient (Wildman–Crippen LogP) is 2.87. The zero-order chi connectivity index (χ0) is 18.7. The van der Waals surface area contributed by atoms with Crippen LogP contribution in [0.4, 0.5) is 5.69 Å². The number of para-hydroxylation sites is 2. The summed E-state index contributed by atoms with van der Waals surface area (Å²) in [6, 6.07) is 7.42. The van der Waals surface area contributed by atoms with E-state index >= 15 is 0 Å². The summed E-state index contributed by atoms with van der Waals surface area (Å²) in [7, 11) is 1.77. The van der Waals surface area contributed by atoms with E-state index in [0.717, 1.165) is 22.8 Å². The van der Waals surface area contributed by atoms with Gasteiger partial charge in [-0.15, -0.1) is 11.3 Å². The number of rotatable bonds is 6. The molecule has 1 unspecified atom stereocenters. The number of fused-ring (bicyclic) bond motifs is 1. The summed E-state index contributed by atoms with van der Waals surface area (Å²) >= 11 is 1.62. The standard InChI is InChI=1S/C19H23N3O3S/c1-4-17-20-14(12-26-17)11-21(3)18(23)9-10-22-15-7-5-6-8-16(15)25-13(2)19(22)24/h5-8,12-13H,4,9-11H2,1-3H3. The number of benzene rings is 1. The smallest absolute Gasteiger partial charge is 0.267 e. The van der Waals surface area contributed by atoms with E-state index in [0.29, 0.717) is 18.8 Å². The van der Waals surface area contributed by atoms with Crippen molar-refractivity contribution in [1.29, 1.82) is 0 Å². The van der Waals surface area contributed by atoms with Gasteiger partial charge in [0.05, 0.1) is 22.9 Å². The zero-order valence-corrected chi connectivity index (χ0v) is 16.1. The van der Waals surface area contributed by atoms with Crippen molar-refractivity contribution < 1.29 is 14.3 Å². The van der Waals surface area contributed by atoms with E-state index in [9.17, 15) is 9.59 Å². The molecule has 1 aliphatic rings. The number of amides is 2. The number of carbonyl (C=O) groups excluding carboxylic acids is 2. The Hall–Kier alpha value is -2.41. The third-order valence-electron chi connectivity index (χ3n) is 4.35. The van der Waals surface area contributed by atoms with E-state index in [2.05, 4.69) is 11.9 Å². The fraction of sp³-hybridized carbons (Fsp3) is 0.421. The molecule has 2 heterocycles. The van der Waals surface area contributed by atoms with E-state index < -0.39 is 6.10 Å². The molecule has 6 nitrogen and oxygen atoms in total. The summed E-state index contributed by atoms with van der Waals surface area (Å²) in [5.74, 6) is 0.543. The van der Waals surface area contributed by atoms with Crippen LogP contribution in [0, 0.1) is 0 Å². The average molecular weight is 373 g/mol. The Morgan fingerprint density at radius 2 is 2.15 bits per heavy atom. The SMILES string of the molecule is CCc1nc(CN(C)C(=O)CCN2C(=O)C(C)Oc3ccccc32)cs1. The van der Waals surface area contributed by atoms with E-state index in [4.69, 9.17) is 4.74 Å². The second-order valence-electron chi connectivity index (χ2n) is 6.30. The molecule has 138 valence electrons. The van der Waals surface area contributed by atoms with Crippen LogP contribution in [0.25, 0.3) is 0 Å². The number of ether oxygens (including phenoxy) is 1. The van der Waals surface area contributed by atoms with Crippen molar-refractivity contribution in [3.8, 4) is 5.75 Å². The van der Waals surface area contributed by atoms with Gasteiger partial charge in [-0.1, -0.05) is 19.1 Å². The van der Waals surface area contributed by atoms with E-state index in [1.807, 2.05) is 29.6 Å². The molecule has 1 atom stereocenters. The molecule has 0 aliphatic carbocycles. The summed E-state index contributed by atoms with van der Waals surface area (Å²) in [6.07, 6.45) is 0.618. The van der Waals surface area contributed by atoms with Crippen LogP contribution in [-0.2, 0) is 22.6 Å². The van der Waals surface area contributed by atoms with Gasteiger partial charge in [0, 0.05) is 25.4 Å². The van der Waals surface area contributed by atoms with Crippen molar-refractivity contribution in [1.82, 2.24) is 9.88 Å². The lowest BCUT2D eigenvalue weighted by Crippen LogP contribution is -2.45. The molecule has 0 bridgehead atoms. The second kappa shape index (κ2) is 7.86. The van der Waals surface area contributed by atoms with Gasteiger partial charge in [-0.3, -0.25) is 9.59 Å². The summed E-state index contributed by atoms with van der Waals surface area (Å²) in [5.41, 5.74) is 1.63. The number of nitrogens with zero attached hydrogens (tertiary/aromatic N) is 3. The fourth-order valence-electron chi connectivity index (χ4n) is 2.90. The highest BCUT2D eigenvalue weighted by Gasteiger charge is 2.31. The molecule has 3 rings (SSSR count). The Labute approximate surface area is 157 Å². The average Bonchev–Trinajstić information content (AvgIpc) is 3.09. The largest absolute Gasteiger partial charge is 0.479 e. The predicted molar refractivity (Wildman–Crippen MR) is 101 cm³/mol. The lowest BCUT2D eigenvalue weighted by atomic mass is 10.1. The van der Waals surface area contributed by atoms with Gasteiger partial charge in [0.15, 0.2) is 6.10 Å². The van der Waals surface area contributed by atoms with Crippen LogP contribution in [0.5, 0.6) is 5.75 Å². The Kier molecular flexibility index (Phi) is 5.56. The topological polar surface area (TPSA) is 62.7 Å². The van der Waals surface area contributed by atoms with Crippen LogP contribution in [-0.4, -0.2) is 41.4 Å². The molecule has 7 heteroatoms. The van der Waals surface area contributed by atoms with Crippen molar-refractivity contribution in [2.75, 3.05) is 18.5 Å². The maximum Gasteiger partial charge on any atom is 0.267 e.